The maximum Gasteiger partial charge on any atom is 0.0756 e. The zero-order valence-electron chi connectivity index (χ0n) is 7.18. The molecule has 64 valence electrons. The fourth-order valence-corrected chi connectivity index (χ4v) is 1.23. The molecule has 0 bridgehead atoms. The van der Waals surface area contributed by atoms with Crippen molar-refractivity contribution in [1.82, 2.24) is 5.32 Å². The van der Waals surface area contributed by atoms with Gasteiger partial charge in [0, 0.05) is 6.61 Å². The fraction of sp³-hybridized carbons (Fsp3) is 0.778. The summed E-state index contributed by atoms with van der Waals surface area (Å²) in [5.74, 6) is 0. The van der Waals surface area contributed by atoms with Crippen molar-refractivity contribution in [3.63, 3.8) is 0 Å². The van der Waals surface area contributed by atoms with Crippen LogP contribution in [0.25, 0.3) is 0 Å². The monoisotopic (exact) mass is 155 g/mol. The number of nitrogens with one attached hydrogen (secondary N) is 1. The Balaban J connectivity index is 2.03. The third-order valence-corrected chi connectivity index (χ3v) is 1.88. The van der Waals surface area contributed by atoms with Crippen LogP contribution >= 0.6 is 0 Å². The summed E-state index contributed by atoms with van der Waals surface area (Å²) in [5, 5.41) is 3.10. The first-order valence-corrected chi connectivity index (χ1v) is 4.36. The van der Waals surface area contributed by atoms with E-state index in [0.29, 0.717) is 6.10 Å². The van der Waals surface area contributed by atoms with E-state index in [1.54, 1.807) is 0 Å². The Morgan fingerprint density at radius 1 is 1.64 bits per heavy atom. The van der Waals surface area contributed by atoms with Gasteiger partial charge in [-0.3, -0.25) is 0 Å². The van der Waals surface area contributed by atoms with Gasteiger partial charge in [0.1, 0.15) is 0 Å². The Kier molecular flexibility index (Phi) is 4.24. The van der Waals surface area contributed by atoms with E-state index in [4.69, 9.17) is 4.74 Å². The van der Waals surface area contributed by atoms with E-state index < -0.39 is 0 Å². The average Bonchev–Trinajstić information content (AvgIpc) is 2.50. The molecule has 0 aromatic heterocycles. The smallest absolute Gasteiger partial charge is 0.0756 e. The highest BCUT2D eigenvalue weighted by Crippen LogP contribution is 2.12. The van der Waals surface area contributed by atoms with Gasteiger partial charge < -0.3 is 10.1 Å². The lowest BCUT2D eigenvalue weighted by Gasteiger charge is -2.00. The fourth-order valence-electron chi connectivity index (χ4n) is 1.23. The quantitative estimate of drug-likeness (QED) is 0.488. The number of hydrogen-bond acceptors (Lipinski definition) is 2. The van der Waals surface area contributed by atoms with Gasteiger partial charge in [-0.2, -0.15) is 0 Å². The average molecular weight is 155 g/mol. The lowest BCUT2D eigenvalue weighted by molar-refractivity contribution is 0.145. The molecule has 1 aliphatic rings. The van der Waals surface area contributed by atoms with Crippen LogP contribution in [0.1, 0.15) is 19.3 Å². The molecular formula is C9H17NO. The predicted octanol–water partition coefficient (Wildman–Crippen LogP) is 1.33. The Morgan fingerprint density at radius 3 is 3.18 bits per heavy atom. The first-order valence-electron chi connectivity index (χ1n) is 4.36. The van der Waals surface area contributed by atoms with Crippen molar-refractivity contribution < 1.29 is 4.74 Å². The van der Waals surface area contributed by atoms with Gasteiger partial charge in [-0.05, 0) is 32.9 Å². The van der Waals surface area contributed by atoms with Gasteiger partial charge in [-0.25, -0.2) is 0 Å². The van der Waals surface area contributed by atoms with Crippen molar-refractivity contribution in [2.75, 3.05) is 20.2 Å². The first kappa shape index (κ1) is 8.75. The van der Waals surface area contributed by atoms with Gasteiger partial charge in [0.05, 0.1) is 6.10 Å². The van der Waals surface area contributed by atoms with Crippen molar-refractivity contribution in [3.8, 4) is 0 Å². The zero-order chi connectivity index (χ0) is 7.94. The second-order valence-corrected chi connectivity index (χ2v) is 2.87. The van der Waals surface area contributed by atoms with E-state index >= 15 is 0 Å². The minimum atomic E-state index is 0.409. The summed E-state index contributed by atoms with van der Waals surface area (Å²) in [5.41, 5.74) is 0. The molecule has 1 saturated heterocycles. The van der Waals surface area contributed by atoms with Gasteiger partial charge in [0.2, 0.25) is 0 Å². The highest BCUT2D eigenvalue weighted by Gasteiger charge is 2.10. The van der Waals surface area contributed by atoms with Crippen LogP contribution in [0.4, 0.5) is 0 Å². The normalized spacial score (nSPS) is 25.0. The van der Waals surface area contributed by atoms with Crippen molar-refractivity contribution in [2.45, 2.75) is 25.4 Å². The van der Waals surface area contributed by atoms with Crippen molar-refractivity contribution in [1.29, 1.82) is 0 Å². The summed E-state index contributed by atoms with van der Waals surface area (Å²) in [4.78, 5) is 0. The molecule has 1 fully saturated rings. The minimum Gasteiger partial charge on any atom is -0.374 e. The maximum atomic E-state index is 5.43. The van der Waals surface area contributed by atoms with Gasteiger partial charge in [-0.1, -0.05) is 12.2 Å². The molecule has 0 spiro atoms. The van der Waals surface area contributed by atoms with E-state index in [0.717, 1.165) is 19.6 Å². The van der Waals surface area contributed by atoms with Crippen LogP contribution in [-0.2, 0) is 4.74 Å². The summed E-state index contributed by atoms with van der Waals surface area (Å²) in [6.45, 7) is 2.00. The maximum absolute atomic E-state index is 5.43. The molecule has 11 heavy (non-hydrogen) atoms. The molecule has 2 nitrogen and oxygen atoms in total. The first-order chi connectivity index (χ1) is 5.43. The molecule has 0 amide bonds. The SMILES string of the molecule is CNCC/C=C\C1CCCO1. The second-order valence-electron chi connectivity index (χ2n) is 2.87. The van der Waals surface area contributed by atoms with Crippen LogP contribution in [-0.4, -0.2) is 26.3 Å². The van der Waals surface area contributed by atoms with Crippen LogP contribution in [0, 0.1) is 0 Å². The van der Waals surface area contributed by atoms with Crippen LogP contribution in [0.3, 0.4) is 0 Å². The third kappa shape index (κ3) is 3.54. The number of hydrogen-bond donors (Lipinski definition) is 1. The van der Waals surface area contributed by atoms with E-state index in [2.05, 4.69) is 17.5 Å². The standard InChI is InChI=1S/C9H17NO/c1-10-7-3-2-5-9-6-4-8-11-9/h2,5,9-10H,3-4,6-8H2,1H3/b5-2-. The molecule has 1 aliphatic heterocycles. The minimum absolute atomic E-state index is 0.409. The summed E-state index contributed by atoms with van der Waals surface area (Å²) in [6.07, 6.45) is 8.33. The summed E-state index contributed by atoms with van der Waals surface area (Å²) in [6, 6.07) is 0. The number of rotatable bonds is 4. The van der Waals surface area contributed by atoms with Crippen molar-refractivity contribution in [2.24, 2.45) is 0 Å². The van der Waals surface area contributed by atoms with E-state index in [1.807, 2.05) is 7.05 Å². The summed E-state index contributed by atoms with van der Waals surface area (Å²) < 4.78 is 5.43. The van der Waals surface area contributed by atoms with Crippen LogP contribution in [0.2, 0.25) is 0 Å². The van der Waals surface area contributed by atoms with Gasteiger partial charge >= 0.3 is 0 Å². The Morgan fingerprint density at radius 2 is 2.55 bits per heavy atom. The van der Waals surface area contributed by atoms with E-state index in [-0.39, 0.29) is 0 Å². The molecule has 1 heterocycles. The molecule has 0 aromatic carbocycles. The molecule has 1 rings (SSSR count). The molecule has 1 unspecified atom stereocenters. The molecule has 0 aliphatic carbocycles. The van der Waals surface area contributed by atoms with E-state index in [9.17, 15) is 0 Å². The van der Waals surface area contributed by atoms with Crippen molar-refractivity contribution in [3.05, 3.63) is 12.2 Å². The van der Waals surface area contributed by atoms with Gasteiger partial charge in [0.15, 0.2) is 0 Å². The molecule has 0 radical (unpaired) electrons. The zero-order valence-corrected chi connectivity index (χ0v) is 7.18. The van der Waals surface area contributed by atoms with Crippen LogP contribution in [0.15, 0.2) is 12.2 Å². The van der Waals surface area contributed by atoms with Crippen LogP contribution in [0.5, 0.6) is 0 Å². The lowest BCUT2D eigenvalue weighted by Crippen LogP contribution is -2.06. The number of ether oxygens (including phenoxy) is 1. The van der Waals surface area contributed by atoms with Gasteiger partial charge in [-0.15, -0.1) is 0 Å². The Labute approximate surface area is 68.6 Å². The lowest BCUT2D eigenvalue weighted by atomic mass is 10.2. The summed E-state index contributed by atoms with van der Waals surface area (Å²) >= 11 is 0. The molecule has 1 atom stereocenters. The largest absolute Gasteiger partial charge is 0.374 e. The second kappa shape index (κ2) is 5.33. The summed E-state index contributed by atoms with van der Waals surface area (Å²) in [7, 11) is 1.97. The molecular weight excluding hydrogens is 138 g/mol. The highest BCUT2D eigenvalue weighted by molar-refractivity contribution is 4.91. The molecule has 2 heteroatoms. The molecule has 1 N–H and O–H groups in total. The van der Waals surface area contributed by atoms with Crippen molar-refractivity contribution >= 4 is 0 Å². The predicted molar refractivity (Wildman–Crippen MR) is 46.7 cm³/mol. The molecule has 0 saturated carbocycles. The third-order valence-electron chi connectivity index (χ3n) is 1.88. The van der Waals surface area contributed by atoms with E-state index in [1.165, 1.54) is 12.8 Å². The Hall–Kier alpha value is -0.340. The van der Waals surface area contributed by atoms with Crippen LogP contribution < -0.4 is 5.32 Å². The van der Waals surface area contributed by atoms with Gasteiger partial charge in [0.25, 0.3) is 0 Å². The Bertz CT molecular complexity index is 117. The molecule has 0 aromatic rings. The topological polar surface area (TPSA) is 21.3 Å². The highest BCUT2D eigenvalue weighted by atomic mass is 16.5.